The summed E-state index contributed by atoms with van der Waals surface area (Å²) in [7, 11) is 0. The number of furan rings is 1. The first kappa shape index (κ1) is 12.4. The third-order valence-electron chi connectivity index (χ3n) is 2.95. The number of rotatable bonds is 5. The fourth-order valence-corrected chi connectivity index (χ4v) is 1.88. The van der Waals surface area contributed by atoms with Crippen molar-refractivity contribution in [2.75, 3.05) is 13.1 Å². The van der Waals surface area contributed by atoms with Crippen LogP contribution in [0.25, 0.3) is 0 Å². The fourth-order valence-electron chi connectivity index (χ4n) is 1.88. The highest BCUT2D eigenvalue weighted by Crippen LogP contribution is 2.07. The molecule has 0 N–H and O–H groups in total. The molecule has 0 spiro atoms. The molecule has 0 radical (unpaired) electrons. The lowest BCUT2D eigenvalue weighted by Crippen LogP contribution is -2.32. The minimum atomic E-state index is 0.0298. The van der Waals surface area contributed by atoms with E-state index in [1.165, 1.54) is 18.1 Å². The highest BCUT2D eigenvalue weighted by molar-refractivity contribution is 5.93. The van der Waals surface area contributed by atoms with Gasteiger partial charge in [0, 0.05) is 13.1 Å². The van der Waals surface area contributed by atoms with E-state index in [4.69, 9.17) is 4.42 Å². The predicted molar refractivity (Wildman–Crippen MR) is 70.4 cm³/mol. The van der Waals surface area contributed by atoms with E-state index in [0.29, 0.717) is 12.1 Å². The maximum Gasteiger partial charge on any atom is 0.257 e. The Labute approximate surface area is 107 Å². The van der Waals surface area contributed by atoms with Crippen LogP contribution < -0.4 is 0 Å². The highest BCUT2D eigenvalue weighted by Gasteiger charge is 2.14. The third-order valence-corrected chi connectivity index (χ3v) is 2.95. The van der Waals surface area contributed by atoms with Crippen LogP contribution in [0.3, 0.4) is 0 Å². The molecule has 0 aliphatic rings. The van der Waals surface area contributed by atoms with E-state index < -0.39 is 0 Å². The largest absolute Gasteiger partial charge is 0.472 e. The number of benzene rings is 1. The lowest BCUT2D eigenvalue weighted by atomic mass is 10.1. The Morgan fingerprint density at radius 2 is 2.00 bits per heavy atom. The SMILES string of the molecule is CCN(CCc1ccccc1)C(=O)c1ccoc1. The van der Waals surface area contributed by atoms with Gasteiger partial charge in [0.2, 0.25) is 0 Å². The molecule has 94 valence electrons. The van der Waals surface area contributed by atoms with Crippen molar-refractivity contribution in [2.45, 2.75) is 13.3 Å². The topological polar surface area (TPSA) is 33.5 Å². The molecule has 3 heteroatoms. The molecule has 0 bridgehead atoms. The molecule has 0 aliphatic heterocycles. The Morgan fingerprint density at radius 3 is 2.61 bits per heavy atom. The summed E-state index contributed by atoms with van der Waals surface area (Å²) in [6, 6.07) is 11.9. The Hall–Kier alpha value is -2.03. The standard InChI is InChI=1S/C15H17NO2/c1-2-16(15(17)14-9-11-18-12-14)10-8-13-6-4-3-5-7-13/h3-7,9,11-12H,2,8,10H2,1H3. The van der Waals surface area contributed by atoms with Gasteiger partial charge in [-0.25, -0.2) is 0 Å². The summed E-state index contributed by atoms with van der Waals surface area (Å²) < 4.78 is 4.95. The molecule has 2 aromatic rings. The van der Waals surface area contributed by atoms with Crippen molar-refractivity contribution in [1.29, 1.82) is 0 Å². The van der Waals surface area contributed by atoms with E-state index in [2.05, 4.69) is 12.1 Å². The summed E-state index contributed by atoms with van der Waals surface area (Å²) >= 11 is 0. The second-order valence-electron chi connectivity index (χ2n) is 4.13. The molecule has 18 heavy (non-hydrogen) atoms. The van der Waals surface area contributed by atoms with Gasteiger partial charge in [-0.3, -0.25) is 4.79 Å². The lowest BCUT2D eigenvalue weighted by Gasteiger charge is -2.20. The van der Waals surface area contributed by atoms with E-state index in [1.807, 2.05) is 30.0 Å². The zero-order valence-electron chi connectivity index (χ0n) is 10.5. The van der Waals surface area contributed by atoms with Crippen LogP contribution >= 0.6 is 0 Å². The maximum absolute atomic E-state index is 12.1. The average molecular weight is 243 g/mol. The molecule has 0 atom stereocenters. The summed E-state index contributed by atoms with van der Waals surface area (Å²) in [6.07, 6.45) is 3.89. The van der Waals surface area contributed by atoms with Crippen molar-refractivity contribution >= 4 is 5.91 Å². The predicted octanol–water partition coefficient (Wildman–Crippen LogP) is 2.98. The summed E-state index contributed by atoms with van der Waals surface area (Å²) in [4.78, 5) is 14.0. The zero-order chi connectivity index (χ0) is 12.8. The van der Waals surface area contributed by atoms with E-state index in [0.717, 1.165) is 13.0 Å². The fraction of sp³-hybridized carbons (Fsp3) is 0.267. The molecular weight excluding hydrogens is 226 g/mol. The van der Waals surface area contributed by atoms with Gasteiger partial charge < -0.3 is 9.32 Å². The number of carbonyl (C=O) groups is 1. The third kappa shape index (κ3) is 3.00. The first-order valence-corrected chi connectivity index (χ1v) is 6.16. The summed E-state index contributed by atoms with van der Waals surface area (Å²) in [5, 5.41) is 0. The van der Waals surface area contributed by atoms with Gasteiger partial charge >= 0.3 is 0 Å². The maximum atomic E-state index is 12.1. The van der Waals surface area contributed by atoms with Crippen molar-refractivity contribution in [2.24, 2.45) is 0 Å². The van der Waals surface area contributed by atoms with Gasteiger partial charge in [0.15, 0.2) is 0 Å². The van der Waals surface area contributed by atoms with Gasteiger partial charge in [0.25, 0.3) is 5.91 Å². The van der Waals surface area contributed by atoms with Gasteiger partial charge in [-0.1, -0.05) is 30.3 Å². The van der Waals surface area contributed by atoms with Crippen molar-refractivity contribution in [3.8, 4) is 0 Å². The Balaban J connectivity index is 1.96. The second kappa shape index (κ2) is 6.05. The van der Waals surface area contributed by atoms with Gasteiger partial charge in [-0.15, -0.1) is 0 Å². The molecule has 1 amide bonds. The number of hydrogen-bond acceptors (Lipinski definition) is 2. The highest BCUT2D eigenvalue weighted by atomic mass is 16.3. The van der Waals surface area contributed by atoms with E-state index >= 15 is 0 Å². The zero-order valence-corrected chi connectivity index (χ0v) is 10.5. The molecule has 0 saturated heterocycles. The molecule has 0 aliphatic carbocycles. The lowest BCUT2D eigenvalue weighted by molar-refractivity contribution is 0.0765. The van der Waals surface area contributed by atoms with Crippen LogP contribution in [0.5, 0.6) is 0 Å². The molecule has 0 fully saturated rings. The molecule has 1 heterocycles. The van der Waals surface area contributed by atoms with Crippen molar-refractivity contribution in [1.82, 2.24) is 4.90 Å². The monoisotopic (exact) mass is 243 g/mol. The van der Waals surface area contributed by atoms with Crippen molar-refractivity contribution in [3.63, 3.8) is 0 Å². The van der Waals surface area contributed by atoms with E-state index in [-0.39, 0.29) is 5.91 Å². The molecule has 2 rings (SSSR count). The van der Waals surface area contributed by atoms with Crippen molar-refractivity contribution in [3.05, 3.63) is 60.1 Å². The summed E-state index contributed by atoms with van der Waals surface area (Å²) in [6.45, 7) is 3.42. The van der Waals surface area contributed by atoms with Gasteiger partial charge in [-0.2, -0.15) is 0 Å². The minimum Gasteiger partial charge on any atom is -0.472 e. The van der Waals surface area contributed by atoms with E-state index in [1.54, 1.807) is 6.07 Å². The molecule has 0 unspecified atom stereocenters. The average Bonchev–Trinajstić information content (AvgIpc) is 2.94. The van der Waals surface area contributed by atoms with Crippen LogP contribution in [-0.4, -0.2) is 23.9 Å². The van der Waals surface area contributed by atoms with Crippen LogP contribution in [0.2, 0.25) is 0 Å². The molecule has 1 aromatic heterocycles. The van der Waals surface area contributed by atoms with Crippen LogP contribution in [0.4, 0.5) is 0 Å². The Bertz CT molecular complexity index is 476. The van der Waals surface area contributed by atoms with E-state index in [9.17, 15) is 4.79 Å². The number of hydrogen-bond donors (Lipinski definition) is 0. The molecule has 0 saturated carbocycles. The van der Waals surface area contributed by atoms with Crippen LogP contribution in [0.1, 0.15) is 22.8 Å². The quantitative estimate of drug-likeness (QED) is 0.809. The minimum absolute atomic E-state index is 0.0298. The Kier molecular flexibility index (Phi) is 4.18. The molecule has 1 aromatic carbocycles. The number of likely N-dealkylation sites (N-methyl/N-ethyl adjacent to an activating group) is 1. The van der Waals surface area contributed by atoms with Gasteiger partial charge in [0.1, 0.15) is 6.26 Å². The summed E-state index contributed by atoms with van der Waals surface area (Å²) in [5.74, 6) is 0.0298. The first-order valence-electron chi connectivity index (χ1n) is 6.16. The Morgan fingerprint density at radius 1 is 1.22 bits per heavy atom. The number of carbonyl (C=O) groups excluding carboxylic acids is 1. The molecular formula is C15H17NO2. The van der Waals surface area contributed by atoms with Crippen LogP contribution in [0.15, 0.2) is 53.3 Å². The summed E-state index contributed by atoms with van der Waals surface area (Å²) in [5.41, 5.74) is 1.86. The number of amides is 1. The number of nitrogens with zero attached hydrogens (tertiary/aromatic N) is 1. The first-order chi connectivity index (χ1) is 8.81. The normalized spacial score (nSPS) is 10.3. The van der Waals surface area contributed by atoms with Gasteiger partial charge in [0.05, 0.1) is 11.8 Å². The smallest absolute Gasteiger partial charge is 0.257 e. The van der Waals surface area contributed by atoms with Gasteiger partial charge in [-0.05, 0) is 25.0 Å². The van der Waals surface area contributed by atoms with Crippen LogP contribution in [0, 0.1) is 0 Å². The van der Waals surface area contributed by atoms with Crippen molar-refractivity contribution < 1.29 is 9.21 Å². The second-order valence-corrected chi connectivity index (χ2v) is 4.13. The van der Waals surface area contributed by atoms with Crippen LogP contribution in [-0.2, 0) is 6.42 Å². The molecule has 3 nitrogen and oxygen atoms in total.